The number of aliphatic hydroxyl groups is 1. The Morgan fingerprint density at radius 1 is 1.00 bits per heavy atom. The lowest BCUT2D eigenvalue weighted by Crippen LogP contribution is -2.64. The molecule has 190 valence electrons. The van der Waals surface area contributed by atoms with Gasteiger partial charge in [0.2, 0.25) is 11.6 Å². The quantitative estimate of drug-likeness (QED) is 0.416. The Morgan fingerprint density at radius 2 is 1.69 bits per heavy atom. The minimum absolute atomic E-state index is 0.0494. The van der Waals surface area contributed by atoms with Crippen LogP contribution in [0.15, 0.2) is 34.9 Å². The van der Waals surface area contributed by atoms with Crippen molar-refractivity contribution in [3.8, 4) is 0 Å². The van der Waals surface area contributed by atoms with Crippen molar-refractivity contribution in [1.29, 1.82) is 0 Å². The number of rotatable bonds is 1. The molecule has 5 aliphatic rings. The summed E-state index contributed by atoms with van der Waals surface area (Å²) in [5, 5.41) is 11.1. The Hall–Kier alpha value is -2.01. The fraction of sp³-hybridized carbons (Fsp3) is 0.700. The summed E-state index contributed by atoms with van der Waals surface area (Å²) in [5.41, 5.74) is 1.93. The van der Waals surface area contributed by atoms with Gasteiger partial charge in [-0.2, -0.15) is 0 Å². The minimum atomic E-state index is -0.914. The van der Waals surface area contributed by atoms with Crippen molar-refractivity contribution in [2.24, 2.45) is 38.9 Å². The van der Waals surface area contributed by atoms with Crippen molar-refractivity contribution in [3.63, 3.8) is 0 Å². The van der Waals surface area contributed by atoms with Crippen LogP contribution >= 0.6 is 0 Å². The van der Waals surface area contributed by atoms with Gasteiger partial charge in [0.05, 0.1) is 18.6 Å². The number of ether oxygens (including phenoxy) is 1. The molecule has 8 atom stereocenters. The Kier molecular flexibility index (Phi) is 5.13. The highest BCUT2D eigenvalue weighted by atomic mass is 16.5. The van der Waals surface area contributed by atoms with Gasteiger partial charge in [0.25, 0.3) is 0 Å². The van der Waals surface area contributed by atoms with Gasteiger partial charge in [0.1, 0.15) is 0 Å². The van der Waals surface area contributed by atoms with E-state index in [1.54, 1.807) is 6.08 Å². The van der Waals surface area contributed by atoms with Crippen molar-refractivity contribution in [2.45, 2.75) is 86.2 Å². The van der Waals surface area contributed by atoms with Gasteiger partial charge in [-0.3, -0.25) is 14.4 Å². The van der Waals surface area contributed by atoms with Crippen LogP contribution in [0.4, 0.5) is 0 Å². The average molecular weight is 481 g/mol. The predicted molar refractivity (Wildman–Crippen MR) is 133 cm³/mol. The van der Waals surface area contributed by atoms with E-state index in [-0.39, 0.29) is 45.1 Å². The number of hydrogen-bond donors (Lipinski definition) is 1. The smallest absolute Gasteiger partial charge is 0.314 e. The summed E-state index contributed by atoms with van der Waals surface area (Å²) in [5.74, 6) is -1.16. The fourth-order valence-corrected chi connectivity index (χ4v) is 9.10. The monoisotopic (exact) mass is 480 g/mol. The topological polar surface area (TPSA) is 80.7 Å². The summed E-state index contributed by atoms with van der Waals surface area (Å²) >= 11 is 0. The first-order chi connectivity index (χ1) is 16.2. The Morgan fingerprint density at radius 3 is 2.34 bits per heavy atom. The highest BCUT2D eigenvalue weighted by Gasteiger charge is 2.68. The lowest BCUT2D eigenvalue weighted by atomic mass is 9.34. The van der Waals surface area contributed by atoms with E-state index < -0.39 is 17.4 Å². The first-order valence-electron chi connectivity index (χ1n) is 13.2. The van der Waals surface area contributed by atoms with E-state index in [1.807, 2.05) is 13.8 Å². The van der Waals surface area contributed by atoms with Gasteiger partial charge in [-0.1, -0.05) is 52.3 Å². The third-order valence-electron chi connectivity index (χ3n) is 11.8. The van der Waals surface area contributed by atoms with Crippen molar-refractivity contribution in [2.75, 3.05) is 7.11 Å². The Bertz CT molecular complexity index is 1130. The maximum Gasteiger partial charge on any atom is 0.314 e. The van der Waals surface area contributed by atoms with E-state index in [4.69, 9.17) is 4.74 Å². The van der Waals surface area contributed by atoms with E-state index in [1.165, 1.54) is 12.7 Å². The van der Waals surface area contributed by atoms with E-state index in [0.29, 0.717) is 12.8 Å². The molecule has 0 aromatic carbocycles. The molecule has 0 radical (unpaired) electrons. The zero-order valence-electron chi connectivity index (χ0n) is 22.3. The number of esters is 1. The van der Waals surface area contributed by atoms with E-state index in [2.05, 4.69) is 39.8 Å². The normalized spacial score (nSPS) is 48.9. The summed E-state index contributed by atoms with van der Waals surface area (Å²) in [7, 11) is 1.41. The van der Waals surface area contributed by atoms with Gasteiger partial charge < -0.3 is 9.84 Å². The molecule has 0 aromatic heterocycles. The van der Waals surface area contributed by atoms with Crippen molar-refractivity contribution < 1.29 is 24.2 Å². The Labute approximate surface area is 209 Å². The molecular weight excluding hydrogens is 440 g/mol. The fourth-order valence-electron chi connectivity index (χ4n) is 9.10. The molecule has 5 nitrogen and oxygen atoms in total. The minimum Gasteiger partial charge on any atom is -0.469 e. The maximum absolute atomic E-state index is 12.9. The lowest BCUT2D eigenvalue weighted by molar-refractivity contribution is -0.203. The molecule has 1 N–H and O–H groups in total. The highest BCUT2D eigenvalue weighted by molar-refractivity contribution is 6.44. The number of methoxy groups -OCH3 is 1. The molecule has 5 rings (SSSR count). The molecule has 0 aliphatic heterocycles. The van der Waals surface area contributed by atoms with E-state index >= 15 is 0 Å². The number of aliphatic hydroxyl groups excluding tert-OH is 1. The second-order valence-electron chi connectivity index (χ2n) is 13.3. The number of carbonyl (C=O) groups is 3. The van der Waals surface area contributed by atoms with Crippen LogP contribution < -0.4 is 0 Å². The third-order valence-corrected chi connectivity index (χ3v) is 11.8. The average Bonchev–Trinajstić information content (AvgIpc) is 2.81. The van der Waals surface area contributed by atoms with Gasteiger partial charge in [-0.15, -0.1) is 0 Å². The molecule has 5 aliphatic carbocycles. The summed E-state index contributed by atoms with van der Waals surface area (Å²) in [6.45, 7) is 13.1. The SMILES string of the molecule is COC(=O)C1(C)CC2C(C)(CCC3(C)C4=CC=C5C(=CC(=O)C(=O)C5C)C4(C)CCC23C)CC1O. The molecule has 0 bridgehead atoms. The first kappa shape index (κ1) is 24.7. The first-order valence-corrected chi connectivity index (χ1v) is 13.2. The molecule has 3 fully saturated rings. The molecular formula is C30H40O5. The summed E-state index contributed by atoms with van der Waals surface area (Å²) in [6.07, 6.45) is 10.3. The molecule has 0 heterocycles. The number of fused-ring (bicyclic) bond motifs is 7. The second kappa shape index (κ2) is 7.27. The maximum atomic E-state index is 12.9. The van der Waals surface area contributed by atoms with Gasteiger partial charge in [0.15, 0.2) is 0 Å². The highest BCUT2D eigenvalue weighted by Crippen LogP contribution is 2.75. The molecule has 0 aromatic rings. The number of allylic oxidation sites excluding steroid dienone is 6. The van der Waals surface area contributed by atoms with Crippen LogP contribution in [0.25, 0.3) is 0 Å². The second-order valence-corrected chi connectivity index (χ2v) is 13.3. The number of ketones is 2. The number of carbonyl (C=O) groups excluding carboxylic acids is 3. The summed E-state index contributed by atoms with van der Waals surface area (Å²) in [4.78, 5) is 37.9. The largest absolute Gasteiger partial charge is 0.469 e. The van der Waals surface area contributed by atoms with Crippen LogP contribution in [-0.2, 0) is 19.1 Å². The van der Waals surface area contributed by atoms with Gasteiger partial charge in [-0.05, 0) is 84.8 Å². The van der Waals surface area contributed by atoms with Crippen LogP contribution in [0.5, 0.6) is 0 Å². The van der Waals surface area contributed by atoms with E-state index in [9.17, 15) is 19.5 Å². The zero-order chi connectivity index (χ0) is 25.8. The third kappa shape index (κ3) is 2.88. The molecule has 0 spiro atoms. The molecule has 5 heteroatoms. The number of hydrogen-bond acceptors (Lipinski definition) is 5. The molecule has 8 unspecified atom stereocenters. The lowest BCUT2D eigenvalue weighted by Gasteiger charge is -2.70. The van der Waals surface area contributed by atoms with E-state index in [0.717, 1.165) is 36.8 Å². The van der Waals surface area contributed by atoms with Gasteiger partial charge >= 0.3 is 5.97 Å². The molecule has 3 saturated carbocycles. The van der Waals surface area contributed by atoms with Crippen molar-refractivity contribution in [1.82, 2.24) is 0 Å². The molecule has 0 amide bonds. The predicted octanol–water partition coefficient (Wildman–Crippen LogP) is 5.13. The van der Waals surface area contributed by atoms with Crippen molar-refractivity contribution in [3.05, 3.63) is 34.9 Å². The van der Waals surface area contributed by atoms with Gasteiger partial charge in [-0.25, -0.2) is 0 Å². The van der Waals surface area contributed by atoms with Crippen LogP contribution in [0.1, 0.15) is 80.1 Å². The van der Waals surface area contributed by atoms with Crippen LogP contribution in [0.3, 0.4) is 0 Å². The standard InChI is InChI=1S/C30H40O5/c1-17-18-8-9-21-27(3,19(18)14-20(31)24(17)33)11-13-30(6)22-15-28(4,25(34)35-7)23(32)16-26(22,2)10-12-29(21,30)5/h8-9,14,17,22-23,32H,10-13,15-16H2,1-7H3. The Balaban J connectivity index is 1.63. The van der Waals surface area contributed by atoms with Crippen LogP contribution in [0, 0.1) is 38.9 Å². The van der Waals surface area contributed by atoms with Crippen LogP contribution in [0.2, 0.25) is 0 Å². The molecule has 35 heavy (non-hydrogen) atoms. The summed E-state index contributed by atoms with van der Waals surface area (Å²) < 4.78 is 5.17. The molecule has 0 saturated heterocycles. The number of Topliss-reactive ketones (excluding diaryl/α,β-unsaturated/α-hetero) is 1. The summed E-state index contributed by atoms with van der Waals surface area (Å²) in [6, 6.07) is 0. The van der Waals surface area contributed by atoms with Crippen LogP contribution in [-0.4, -0.2) is 35.9 Å². The van der Waals surface area contributed by atoms with Gasteiger partial charge in [0, 0.05) is 11.3 Å². The van der Waals surface area contributed by atoms with Crippen molar-refractivity contribution >= 4 is 17.5 Å². The zero-order valence-corrected chi connectivity index (χ0v) is 22.3.